The Morgan fingerprint density at radius 3 is 3.15 bits per heavy atom. The smallest absolute Gasteiger partial charge is 0.246 e. The Bertz CT molecular complexity index is 413. The van der Waals surface area contributed by atoms with Crippen molar-refractivity contribution >= 4 is 17.2 Å². The van der Waals surface area contributed by atoms with Crippen LogP contribution >= 0.6 is 11.3 Å². The zero-order valence-electron chi connectivity index (χ0n) is 12.0. The second-order valence-corrected chi connectivity index (χ2v) is 6.13. The molecule has 0 bridgehead atoms. The maximum absolute atomic E-state index is 11.6. The molecule has 0 spiro atoms. The van der Waals surface area contributed by atoms with E-state index in [1.165, 1.54) is 16.9 Å². The molecule has 0 saturated carbocycles. The second-order valence-electron chi connectivity index (χ2n) is 5.13. The zero-order valence-corrected chi connectivity index (χ0v) is 12.8. The SMILES string of the molecule is Cc1ccsc1CCNC(=O)COC[C@H]1CCCCO1. The van der Waals surface area contributed by atoms with Crippen LogP contribution in [-0.4, -0.2) is 38.4 Å². The standard InChI is InChI=1S/C15H23NO3S/c1-12-6-9-20-14(12)5-7-16-15(17)11-18-10-13-4-2-3-8-19-13/h6,9,13H,2-5,7-8,10-11H2,1H3,(H,16,17)/t13-/m1/s1. The van der Waals surface area contributed by atoms with E-state index in [4.69, 9.17) is 9.47 Å². The number of aryl methyl sites for hydroxylation is 1. The van der Waals surface area contributed by atoms with Gasteiger partial charge in [0.25, 0.3) is 0 Å². The molecular weight excluding hydrogens is 274 g/mol. The summed E-state index contributed by atoms with van der Waals surface area (Å²) in [6.45, 7) is 4.24. The molecule has 1 aromatic rings. The van der Waals surface area contributed by atoms with Gasteiger partial charge in [-0.2, -0.15) is 0 Å². The van der Waals surface area contributed by atoms with E-state index in [0.717, 1.165) is 25.9 Å². The van der Waals surface area contributed by atoms with Crippen molar-refractivity contribution in [2.45, 2.75) is 38.7 Å². The highest BCUT2D eigenvalue weighted by molar-refractivity contribution is 7.10. The number of carbonyl (C=O) groups excluding carboxylic acids is 1. The molecule has 1 saturated heterocycles. The zero-order chi connectivity index (χ0) is 14.2. The minimum absolute atomic E-state index is 0.0463. The first-order chi connectivity index (χ1) is 9.75. The monoisotopic (exact) mass is 297 g/mol. The number of carbonyl (C=O) groups is 1. The number of rotatable bonds is 7. The first-order valence-corrected chi connectivity index (χ1v) is 8.12. The summed E-state index contributed by atoms with van der Waals surface area (Å²) in [6, 6.07) is 2.11. The summed E-state index contributed by atoms with van der Waals surface area (Å²) in [4.78, 5) is 13.0. The van der Waals surface area contributed by atoms with Crippen LogP contribution in [0.1, 0.15) is 29.7 Å². The largest absolute Gasteiger partial charge is 0.376 e. The molecule has 0 radical (unpaired) electrons. The summed E-state index contributed by atoms with van der Waals surface area (Å²) in [5.41, 5.74) is 1.30. The van der Waals surface area contributed by atoms with E-state index in [0.29, 0.717) is 13.2 Å². The third-order valence-electron chi connectivity index (χ3n) is 3.45. The molecule has 112 valence electrons. The molecule has 5 heteroatoms. The normalized spacial score (nSPS) is 18.9. The highest BCUT2D eigenvalue weighted by Gasteiger charge is 2.14. The lowest BCUT2D eigenvalue weighted by atomic mass is 10.1. The number of hydrogen-bond donors (Lipinski definition) is 1. The van der Waals surface area contributed by atoms with Gasteiger partial charge in [-0.25, -0.2) is 0 Å². The van der Waals surface area contributed by atoms with Gasteiger partial charge in [0.2, 0.25) is 5.91 Å². The van der Waals surface area contributed by atoms with E-state index in [1.807, 2.05) is 0 Å². The predicted octanol–water partition coefficient (Wildman–Crippen LogP) is 2.30. The fraction of sp³-hybridized carbons (Fsp3) is 0.667. The first kappa shape index (κ1) is 15.5. The van der Waals surface area contributed by atoms with Crippen molar-refractivity contribution in [2.75, 3.05) is 26.4 Å². The Labute approximate surface area is 124 Å². The van der Waals surface area contributed by atoms with Gasteiger partial charge in [0.05, 0.1) is 12.7 Å². The average molecular weight is 297 g/mol. The average Bonchev–Trinajstić information content (AvgIpc) is 2.86. The van der Waals surface area contributed by atoms with E-state index < -0.39 is 0 Å². The van der Waals surface area contributed by atoms with Gasteiger partial charge in [0, 0.05) is 18.0 Å². The van der Waals surface area contributed by atoms with E-state index in [1.54, 1.807) is 11.3 Å². The molecule has 0 unspecified atom stereocenters. The Kier molecular flexibility index (Phi) is 6.50. The second kappa shape index (κ2) is 8.39. The molecule has 2 rings (SSSR count). The number of ether oxygens (including phenoxy) is 2. The first-order valence-electron chi connectivity index (χ1n) is 7.24. The van der Waals surface area contributed by atoms with Crippen LogP contribution in [-0.2, 0) is 20.7 Å². The number of amides is 1. The van der Waals surface area contributed by atoms with Crippen LogP contribution in [0.4, 0.5) is 0 Å². The number of thiophene rings is 1. The fourth-order valence-electron chi connectivity index (χ4n) is 2.25. The van der Waals surface area contributed by atoms with Crippen LogP contribution in [0.5, 0.6) is 0 Å². The van der Waals surface area contributed by atoms with Crippen LogP contribution in [0.15, 0.2) is 11.4 Å². The lowest BCUT2D eigenvalue weighted by molar-refractivity contribution is -0.127. The molecule has 1 aliphatic rings. The molecular formula is C15H23NO3S. The van der Waals surface area contributed by atoms with Gasteiger partial charge in [-0.3, -0.25) is 4.79 Å². The maximum Gasteiger partial charge on any atom is 0.246 e. The summed E-state index contributed by atoms with van der Waals surface area (Å²) in [6.07, 6.45) is 4.44. The van der Waals surface area contributed by atoms with E-state index in [2.05, 4.69) is 23.7 Å². The molecule has 1 atom stereocenters. The van der Waals surface area contributed by atoms with E-state index in [9.17, 15) is 4.79 Å². The van der Waals surface area contributed by atoms with Crippen molar-refractivity contribution in [3.8, 4) is 0 Å². The van der Waals surface area contributed by atoms with Gasteiger partial charge in [-0.15, -0.1) is 11.3 Å². The maximum atomic E-state index is 11.6. The number of nitrogens with one attached hydrogen (secondary N) is 1. The molecule has 1 N–H and O–H groups in total. The molecule has 2 heterocycles. The van der Waals surface area contributed by atoms with Crippen LogP contribution < -0.4 is 5.32 Å². The minimum atomic E-state index is -0.0463. The Morgan fingerprint density at radius 1 is 1.55 bits per heavy atom. The third kappa shape index (κ3) is 5.23. The summed E-state index contributed by atoms with van der Waals surface area (Å²) < 4.78 is 11.0. The highest BCUT2D eigenvalue weighted by atomic mass is 32.1. The van der Waals surface area contributed by atoms with Gasteiger partial charge >= 0.3 is 0 Å². The highest BCUT2D eigenvalue weighted by Crippen LogP contribution is 2.15. The van der Waals surface area contributed by atoms with Gasteiger partial charge in [-0.05, 0) is 49.6 Å². The summed E-state index contributed by atoms with van der Waals surface area (Å²) in [7, 11) is 0. The van der Waals surface area contributed by atoms with Crippen LogP contribution in [0.2, 0.25) is 0 Å². The molecule has 1 aliphatic heterocycles. The van der Waals surface area contributed by atoms with Crippen LogP contribution in [0.3, 0.4) is 0 Å². The molecule has 0 aromatic carbocycles. The molecule has 20 heavy (non-hydrogen) atoms. The Balaban J connectivity index is 1.53. The summed E-state index contributed by atoms with van der Waals surface area (Å²) in [5.74, 6) is -0.0463. The van der Waals surface area contributed by atoms with Crippen molar-refractivity contribution in [3.63, 3.8) is 0 Å². The third-order valence-corrected chi connectivity index (χ3v) is 4.54. The molecule has 4 nitrogen and oxygen atoms in total. The fourth-order valence-corrected chi connectivity index (χ4v) is 3.16. The topological polar surface area (TPSA) is 47.6 Å². The van der Waals surface area contributed by atoms with Crippen LogP contribution in [0.25, 0.3) is 0 Å². The lowest BCUT2D eigenvalue weighted by Gasteiger charge is -2.22. The summed E-state index contributed by atoms with van der Waals surface area (Å²) in [5, 5.41) is 4.97. The van der Waals surface area contributed by atoms with Gasteiger partial charge < -0.3 is 14.8 Å². The van der Waals surface area contributed by atoms with Crippen molar-refractivity contribution in [3.05, 3.63) is 21.9 Å². The summed E-state index contributed by atoms with van der Waals surface area (Å²) >= 11 is 1.74. The minimum Gasteiger partial charge on any atom is -0.376 e. The Morgan fingerprint density at radius 2 is 2.45 bits per heavy atom. The number of hydrogen-bond acceptors (Lipinski definition) is 4. The predicted molar refractivity (Wildman–Crippen MR) is 80.2 cm³/mol. The van der Waals surface area contributed by atoms with Crippen molar-refractivity contribution in [2.24, 2.45) is 0 Å². The molecule has 1 aromatic heterocycles. The van der Waals surface area contributed by atoms with Gasteiger partial charge in [-0.1, -0.05) is 0 Å². The molecule has 0 aliphatic carbocycles. The lowest BCUT2D eigenvalue weighted by Crippen LogP contribution is -2.32. The molecule has 1 fully saturated rings. The molecule has 1 amide bonds. The van der Waals surface area contributed by atoms with Crippen molar-refractivity contribution in [1.29, 1.82) is 0 Å². The quantitative estimate of drug-likeness (QED) is 0.840. The van der Waals surface area contributed by atoms with E-state index in [-0.39, 0.29) is 18.6 Å². The van der Waals surface area contributed by atoms with E-state index >= 15 is 0 Å². The van der Waals surface area contributed by atoms with Gasteiger partial charge in [0.1, 0.15) is 6.61 Å². The van der Waals surface area contributed by atoms with Crippen LogP contribution in [0, 0.1) is 6.92 Å². The van der Waals surface area contributed by atoms with Gasteiger partial charge in [0.15, 0.2) is 0 Å². The Hall–Kier alpha value is -0.910. The van der Waals surface area contributed by atoms with Crippen molar-refractivity contribution in [1.82, 2.24) is 5.32 Å². The van der Waals surface area contributed by atoms with Crippen molar-refractivity contribution < 1.29 is 14.3 Å².